The van der Waals surface area contributed by atoms with Crippen LogP contribution in [0.25, 0.3) is 27.1 Å². The normalized spacial score (nSPS) is 13.3. The Labute approximate surface area is 132 Å². The molecule has 5 rings (SSSR count). The molecule has 4 heteroatoms. The third-order valence-electron chi connectivity index (χ3n) is 4.54. The first-order valence-electron chi connectivity index (χ1n) is 7.50. The number of benzene rings is 2. The first-order chi connectivity index (χ1) is 11.2. The van der Waals surface area contributed by atoms with Crippen molar-refractivity contribution in [3.63, 3.8) is 0 Å². The van der Waals surface area contributed by atoms with Gasteiger partial charge in [-0.3, -0.25) is 0 Å². The van der Waals surface area contributed by atoms with Gasteiger partial charge in [-0.1, -0.05) is 6.07 Å². The van der Waals surface area contributed by atoms with Gasteiger partial charge < -0.3 is 14.6 Å². The minimum atomic E-state index is 0.270. The Morgan fingerprint density at radius 2 is 1.78 bits per heavy atom. The van der Waals surface area contributed by atoms with Gasteiger partial charge in [-0.05, 0) is 36.1 Å². The number of rotatable bonds is 0. The Balaban J connectivity index is 1.96. The van der Waals surface area contributed by atoms with E-state index in [1.54, 1.807) is 6.07 Å². The van der Waals surface area contributed by atoms with Gasteiger partial charge in [-0.25, -0.2) is 0 Å². The van der Waals surface area contributed by atoms with E-state index in [1.807, 2.05) is 41.1 Å². The quantitative estimate of drug-likeness (QED) is 0.307. The summed E-state index contributed by atoms with van der Waals surface area (Å²) in [5.41, 5.74) is 2.21. The van der Waals surface area contributed by atoms with Crippen LogP contribution in [-0.4, -0.2) is 11.9 Å². The molecule has 0 amide bonds. The molecule has 0 aliphatic carbocycles. The van der Waals surface area contributed by atoms with Crippen molar-refractivity contribution in [3.05, 3.63) is 54.4 Å². The van der Waals surface area contributed by atoms with Crippen LogP contribution < -0.4 is 13.9 Å². The Bertz CT molecular complexity index is 1120. The van der Waals surface area contributed by atoms with Gasteiger partial charge in [0.25, 0.3) is 0 Å². The van der Waals surface area contributed by atoms with Crippen molar-refractivity contribution in [1.29, 1.82) is 0 Å². The lowest BCUT2D eigenvalue weighted by atomic mass is 10.0. The van der Waals surface area contributed by atoms with E-state index in [1.165, 1.54) is 0 Å². The maximum Gasteiger partial charge on any atom is 0.231 e. The topological polar surface area (TPSA) is 42.8 Å². The van der Waals surface area contributed by atoms with E-state index in [9.17, 15) is 5.11 Å². The van der Waals surface area contributed by atoms with Crippen molar-refractivity contribution >= 4 is 27.1 Å². The van der Waals surface area contributed by atoms with Crippen molar-refractivity contribution in [2.24, 2.45) is 0 Å². The standard InChI is InChI=1S/C19H13NO3/c1-11-2-3-17(21)15-9-20-5-4-12-6-18-19(23-10-22-18)8-14(12)16(20)7-13(11)15/h2-9H,10H2,1H3/p+1. The van der Waals surface area contributed by atoms with Crippen molar-refractivity contribution in [1.82, 2.24) is 0 Å². The number of pyridine rings is 2. The molecular formula is C19H14NO3+. The molecule has 0 unspecified atom stereocenters. The van der Waals surface area contributed by atoms with E-state index >= 15 is 0 Å². The van der Waals surface area contributed by atoms with E-state index < -0.39 is 0 Å². The number of phenolic OH excluding ortho intramolecular Hbond substituents is 1. The number of fused-ring (bicyclic) bond motifs is 5. The highest BCUT2D eigenvalue weighted by Gasteiger charge is 2.19. The maximum atomic E-state index is 10.1. The molecule has 23 heavy (non-hydrogen) atoms. The van der Waals surface area contributed by atoms with Crippen LogP contribution in [0, 0.1) is 6.92 Å². The fourth-order valence-corrected chi connectivity index (χ4v) is 3.30. The Morgan fingerprint density at radius 3 is 2.65 bits per heavy atom. The molecule has 4 aromatic rings. The van der Waals surface area contributed by atoms with Gasteiger partial charge in [0.1, 0.15) is 5.75 Å². The highest BCUT2D eigenvalue weighted by Crippen LogP contribution is 2.37. The smallest absolute Gasteiger partial charge is 0.231 e. The lowest BCUT2D eigenvalue weighted by Crippen LogP contribution is -2.20. The monoisotopic (exact) mass is 304 g/mol. The van der Waals surface area contributed by atoms with Crippen LogP contribution in [0.2, 0.25) is 0 Å². The molecule has 1 aliphatic heterocycles. The van der Waals surface area contributed by atoms with E-state index in [-0.39, 0.29) is 6.79 Å². The number of ether oxygens (including phenoxy) is 2. The van der Waals surface area contributed by atoms with E-state index in [0.29, 0.717) is 5.75 Å². The van der Waals surface area contributed by atoms with Crippen molar-refractivity contribution in [2.75, 3.05) is 6.79 Å². The number of nitrogens with zero attached hydrogens (tertiary/aromatic N) is 1. The summed E-state index contributed by atoms with van der Waals surface area (Å²) in [6.45, 7) is 2.32. The first kappa shape index (κ1) is 12.5. The Kier molecular flexibility index (Phi) is 2.32. The SMILES string of the molecule is Cc1ccc(O)c2c[n+]3ccc4cc5c(cc4c3cc12)OCO5. The molecule has 0 saturated heterocycles. The molecule has 1 aliphatic rings. The summed E-state index contributed by atoms with van der Waals surface area (Å²) in [4.78, 5) is 0. The largest absolute Gasteiger partial charge is 0.507 e. The minimum absolute atomic E-state index is 0.270. The molecule has 112 valence electrons. The molecule has 4 nitrogen and oxygen atoms in total. The summed E-state index contributed by atoms with van der Waals surface area (Å²) < 4.78 is 13.0. The Hall–Kier alpha value is -3.01. The minimum Gasteiger partial charge on any atom is -0.507 e. The molecule has 0 atom stereocenters. The van der Waals surface area contributed by atoms with Crippen LogP contribution in [0.15, 0.2) is 48.8 Å². The van der Waals surface area contributed by atoms with Gasteiger partial charge >= 0.3 is 0 Å². The molecule has 2 aromatic heterocycles. The zero-order valence-electron chi connectivity index (χ0n) is 12.5. The van der Waals surface area contributed by atoms with Crippen LogP contribution >= 0.6 is 0 Å². The van der Waals surface area contributed by atoms with Crippen LogP contribution in [-0.2, 0) is 0 Å². The average Bonchev–Trinajstić information content (AvgIpc) is 3.02. The fraction of sp³-hybridized carbons (Fsp3) is 0.105. The molecule has 3 heterocycles. The molecule has 0 spiro atoms. The lowest BCUT2D eigenvalue weighted by molar-refractivity contribution is -0.509. The summed E-state index contributed by atoms with van der Waals surface area (Å²) in [6, 6.07) is 11.9. The number of aryl methyl sites for hydroxylation is 1. The zero-order valence-corrected chi connectivity index (χ0v) is 12.5. The second-order valence-corrected chi connectivity index (χ2v) is 5.90. The molecule has 0 bridgehead atoms. The third kappa shape index (κ3) is 1.69. The van der Waals surface area contributed by atoms with Gasteiger partial charge in [0.15, 0.2) is 23.9 Å². The van der Waals surface area contributed by atoms with E-state index in [2.05, 4.69) is 13.0 Å². The first-order valence-corrected chi connectivity index (χ1v) is 7.50. The summed E-state index contributed by atoms with van der Waals surface area (Å²) >= 11 is 0. The van der Waals surface area contributed by atoms with Gasteiger partial charge in [-0.2, -0.15) is 4.40 Å². The van der Waals surface area contributed by atoms with Gasteiger partial charge in [0, 0.05) is 17.5 Å². The number of hydrogen-bond donors (Lipinski definition) is 1. The summed E-state index contributed by atoms with van der Waals surface area (Å²) in [7, 11) is 0. The van der Waals surface area contributed by atoms with Gasteiger partial charge in [-0.15, -0.1) is 0 Å². The predicted molar refractivity (Wildman–Crippen MR) is 87.1 cm³/mol. The molecule has 0 fully saturated rings. The molecule has 0 saturated carbocycles. The number of phenols is 1. The maximum absolute atomic E-state index is 10.1. The lowest BCUT2D eigenvalue weighted by Gasteiger charge is -2.05. The highest BCUT2D eigenvalue weighted by molar-refractivity contribution is 6.00. The number of hydrogen-bond acceptors (Lipinski definition) is 3. The average molecular weight is 304 g/mol. The molecular weight excluding hydrogens is 290 g/mol. The summed E-state index contributed by atoms with van der Waals surface area (Å²) in [5, 5.41) is 14.2. The summed E-state index contributed by atoms with van der Waals surface area (Å²) in [6.07, 6.45) is 3.97. The summed E-state index contributed by atoms with van der Waals surface area (Å²) in [5.74, 6) is 1.86. The fourth-order valence-electron chi connectivity index (χ4n) is 3.30. The van der Waals surface area contributed by atoms with Crippen molar-refractivity contribution in [3.8, 4) is 17.2 Å². The molecule has 1 N–H and O–H groups in total. The number of aromatic nitrogens is 1. The predicted octanol–water partition coefficient (Wildman–Crippen LogP) is 3.47. The second kappa shape index (κ2) is 4.26. The van der Waals surface area contributed by atoms with E-state index in [0.717, 1.165) is 44.1 Å². The van der Waals surface area contributed by atoms with E-state index in [4.69, 9.17) is 9.47 Å². The van der Waals surface area contributed by atoms with Crippen LogP contribution in [0.1, 0.15) is 5.56 Å². The Morgan fingerprint density at radius 1 is 0.957 bits per heavy atom. The molecule has 0 radical (unpaired) electrons. The highest BCUT2D eigenvalue weighted by atomic mass is 16.7. The zero-order chi connectivity index (χ0) is 15.6. The second-order valence-electron chi connectivity index (χ2n) is 5.90. The van der Waals surface area contributed by atoms with Gasteiger partial charge in [0.2, 0.25) is 12.3 Å². The third-order valence-corrected chi connectivity index (χ3v) is 4.54. The van der Waals surface area contributed by atoms with Gasteiger partial charge in [0.05, 0.1) is 10.8 Å². The number of aromatic hydroxyl groups is 1. The van der Waals surface area contributed by atoms with Crippen LogP contribution in [0.4, 0.5) is 0 Å². The van der Waals surface area contributed by atoms with Crippen LogP contribution in [0.3, 0.4) is 0 Å². The molecule has 2 aromatic carbocycles. The van der Waals surface area contributed by atoms with Crippen LogP contribution in [0.5, 0.6) is 17.2 Å². The van der Waals surface area contributed by atoms with Crippen molar-refractivity contribution < 1.29 is 19.0 Å². The van der Waals surface area contributed by atoms with Crippen molar-refractivity contribution in [2.45, 2.75) is 6.92 Å².